The fourth-order valence-electron chi connectivity index (χ4n) is 2.01. The molecule has 0 fully saturated rings. The Morgan fingerprint density at radius 1 is 1.38 bits per heavy atom. The van der Waals surface area contributed by atoms with Crippen LogP contribution in [0.5, 0.6) is 5.75 Å². The van der Waals surface area contributed by atoms with Crippen molar-refractivity contribution < 1.29 is 14.2 Å². The second-order valence-electron chi connectivity index (χ2n) is 6.30. The molecule has 0 bridgehead atoms. The second kappa shape index (κ2) is 6.53. The average Bonchev–Trinajstić information content (AvgIpc) is 2.72. The Hall–Kier alpha value is -1.47. The van der Waals surface area contributed by atoms with E-state index in [0.29, 0.717) is 30.1 Å². The lowest BCUT2D eigenvalue weighted by Gasteiger charge is -2.15. The van der Waals surface area contributed by atoms with Crippen LogP contribution in [0.1, 0.15) is 5.69 Å². The van der Waals surface area contributed by atoms with E-state index in [2.05, 4.69) is 29.7 Å². The minimum atomic E-state index is -1.12. The van der Waals surface area contributed by atoms with Crippen molar-refractivity contribution in [2.45, 2.75) is 38.8 Å². The van der Waals surface area contributed by atoms with Gasteiger partial charge in [0.05, 0.1) is 18.6 Å². The fourth-order valence-corrected chi connectivity index (χ4v) is 2.76. The Kier molecular flexibility index (Phi) is 4.94. The van der Waals surface area contributed by atoms with Gasteiger partial charge in [0.15, 0.2) is 5.65 Å². The first-order valence-corrected chi connectivity index (χ1v) is 10.8. The van der Waals surface area contributed by atoms with Crippen molar-refractivity contribution in [3.8, 4) is 5.75 Å². The number of nitrogens with zero attached hydrogens (tertiary/aromatic N) is 3. The molecule has 5 nitrogen and oxygen atoms in total. The third kappa shape index (κ3) is 4.24. The van der Waals surface area contributed by atoms with Crippen LogP contribution in [0.15, 0.2) is 12.3 Å². The Morgan fingerprint density at radius 2 is 2.14 bits per heavy atom. The van der Waals surface area contributed by atoms with E-state index < -0.39 is 14.7 Å². The lowest BCUT2D eigenvalue weighted by molar-refractivity contribution is 0.0809. The standard InChI is InChI=1S/C14H22FN3O2Si/c1-21(2,3)7-6-20-10-18-14-12(8-11(19)9-16-14)13(17-18)4-5-15/h8-9,19H,4-7,10H2,1-3H3. The first-order chi connectivity index (χ1) is 9.90. The molecule has 0 saturated carbocycles. The molecule has 0 aliphatic heterocycles. The van der Waals surface area contributed by atoms with Crippen molar-refractivity contribution in [2.24, 2.45) is 0 Å². The molecule has 0 aromatic carbocycles. The molecule has 0 aliphatic carbocycles. The third-order valence-corrected chi connectivity index (χ3v) is 4.89. The van der Waals surface area contributed by atoms with E-state index in [1.807, 2.05) is 0 Å². The highest BCUT2D eigenvalue weighted by Gasteiger charge is 2.14. The van der Waals surface area contributed by atoms with Crippen molar-refractivity contribution in [1.82, 2.24) is 14.8 Å². The fraction of sp³-hybridized carbons (Fsp3) is 0.571. The summed E-state index contributed by atoms with van der Waals surface area (Å²) in [6.07, 6.45) is 1.57. The molecule has 0 saturated heterocycles. The number of alkyl halides is 1. The Labute approximate surface area is 124 Å². The zero-order chi connectivity index (χ0) is 15.5. The van der Waals surface area contributed by atoms with Crippen molar-refractivity contribution in [3.05, 3.63) is 18.0 Å². The normalized spacial score (nSPS) is 12.2. The highest BCUT2D eigenvalue weighted by Crippen LogP contribution is 2.21. The lowest BCUT2D eigenvalue weighted by atomic mass is 10.2. The molecule has 2 aromatic heterocycles. The van der Waals surface area contributed by atoms with E-state index in [-0.39, 0.29) is 12.2 Å². The molecule has 2 aromatic rings. The van der Waals surface area contributed by atoms with Gasteiger partial charge in [-0.15, -0.1) is 0 Å². The van der Waals surface area contributed by atoms with Gasteiger partial charge in [0.25, 0.3) is 0 Å². The third-order valence-electron chi connectivity index (χ3n) is 3.19. The van der Waals surface area contributed by atoms with E-state index >= 15 is 0 Å². The second-order valence-corrected chi connectivity index (χ2v) is 11.9. The molecule has 0 atom stereocenters. The van der Waals surface area contributed by atoms with Gasteiger partial charge in [0, 0.05) is 26.5 Å². The van der Waals surface area contributed by atoms with Gasteiger partial charge in [-0.1, -0.05) is 19.6 Å². The van der Waals surface area contributed by atoms with E-state index in [1.165, 1.54) is 6.20 Å². The number of aryl methyl sites for hydroxylation is 1. The van der Waals surface area contributed by atoms with Crippen molar-refractivity contribution in [2.75, 3.05) is 13.3 Å². The molecule has 21 heavy (non-hydrogen) atoms. The van der Waals surface area contributed by atoms with Crippen molar-refractivity contribution in [1.29, 1.82) is 0 Å². The van der Waals surface area contributed by atoms with Crippen LogP contribution in [-0.4, -0.2) is 41.2 Å². The Bertz CT molecular complexity index is 610. The lowest BCUT2D eigenvalue weighted by Crippen LogP contribution is -2.22. The summed E-state index contributed by atoms with van der Waals surface area (Å²) < 4.78 is 19.9. The predicted molar refractivity (Wildman–Crippen MR) is 83.0 cm³/mol. The molecule has 7 heteroatoms. The molecule has 1 N–H and O–H groups in total. The zero-order valence-corrected chi connectivity index (χ0v) is 13.8. The number of aromatic nitrogens is 3. The quantitative estimate of drug-likeness (QED) is 0.631. The Morgan fingerprint density at radius 3 is 2.81 bits per heavy atom. The number of hydrogen-bond donors (Lipinski definition) is 1. The van der Waals surface area contributed by atoms with Gasteiger partial charge in [0.2, 0.25) is 0 Å². The number of ether oxygens (including phenoxy) is 1. The molecular weight excluding hydrogens is 289 g/mol. The van der Waals surface area contributed by atoms with Crippen molar-refractivity contribution in [3.63, 3.8) is 0 Å². The number of hydrogen-bond acceptors (Lipinski definition) is 4. The molecule has 116 valence electrons. The van der Waals surface area contributed by atoms with Crippen LogP contribution in [0.4, 0.5) is 4.39 Å². The minimum absolute atomic E-state index is 0.0572. The highest BCUT2D eigenvalue weighted by atomic mass is 28.3. The predicted octanol–water partition coefficient (Wildman–Crippen LogP) is 2.96. The highest BCUT2D eigenvalue weighted by molar-refractivity contribution is 6.76. The molecular formula is C14H22FN3O2Si. The number of aromatic hydroxyl groups is 1. The Balaban J connectivity index is 2.12. The monoisotopic (exact) mass is 311 g/mol. The van der Waals surface area contributed by atoms with Crippen LogP contribution < -0.4 is 0 Å². The minimum Gasteiger partial charge on any atom is -0.506 e. The van der Waals surface area contributed by atoms with Crippen LogP contribution >= 0.6 is 0 Å². The largest absolute Gasteiger partial charge is 0.506 e. The van der Waals surface area contributed by atoms with Gasteiger partial charge in [-0.25, -0.2) is 9.67 Å². The number of pyridine rings is 1. The molecule has 0 aliphatic rings. The SMILES string of the molecule is C[Si](C)(C)CCOCn1nc(CCF)c2cc(O)cnc21. The topological polar surface area (TPSA) is 60.2 Å². The summed E-state index contributed by atoms with van der Waals surface area (Å²) in [7, 11) is -1.12. The van der Waals surface area contributed by atoms with Crippen LogP contribution in [0.2, 0.25) is 25.7 Å². The number of rotatable bonds is 7. The van der Waals surface area contributed by atoms with Crippen molar-refractivity contribution >= 4 is 19.1 Å². The summed E-state index contributed by atoms with van der Waals surface area (Å²) >= 11 is 0. The average molecular weight is 311 g/mol. The maximum Gasteiger partial charge on any atom is 0.160 e. The molecule has 0 radical (unpaired) electrons. The van der Waals surface area contributed by atoms with Crippen LogP contribution in [0.3, 0.4) is 0 Å². The van der Waals surface area contributed by atoms with E-state index in [1.54, 1.807) is 10.7 Å². The van der Waals surface area contributed by atoms with Gasteiger partial charge in [-0.05, 0) is 12.1 Å². The molecule has 2 rings (SSSR count). The van der Waals surface area contributed by atoms with E-state index in [9.17, 15) is 9.50 Å². The summed E-state index contributed by atoms with van der Waals surface area (Å²) in [5, 5.41) is 14.5. The molecule has 0 amide bonds. The number of halogens is 1. The van der Waals surface area contributed by atoms with Gasteiger partial charge < -0.3 is 9.84 Å². The maximum atomic E-state index is 12.6. The van der Waals surface area contributed by atoms with Gasteiger partial charge in [-0.3, -0.25) is 4.39 Å². The zero-order valence-electron chi connectivity index (χ0n) is 12.8. The molecule has 0 spiro atoms. The van der Waals surface area contributed by atoms with E-state index in [4.69, 9.17) is 4.74 Å². The smallest absolute Gasteiger partial charge is 0.160 e. The summed E-state index contributed by atoms with van der Waals surface area (Å²) in [6, 6.07) is 2.65. The first-order valence-electron chi connectivity index (χ1n) is 7.09. The van der Waals surface area contributed by atoms with Crippen LogP contribution in [0.25, 0.3) is 11.0 Å². The summed E-state index contributed by atoms with van der Waals surface area (Å²) in [5.41, 5.74) is 1.22. The molecule has 0 unspecified atom stereocenters. The van der Waals surface area contributed by atoms with Gasteiger partial charge in [0.1, 0.15) is 12.5 Å². The van der Waals surface area contributed by atoms with Crippen LogP contribution in [-0.2, 0) is 17.9 Å². The molecule has 2 heterocycles. The summed E-state index contributed by atoms with van der Waals surface area (Å²) in [6.45, 7) is 7.38. The number of fused-ring (bicyclic) bond motifs is 1. The maximum absolute atomic E-state index is 12.6. The van der Waals surface area contributed by atoms with Crippen LogP contribution in [0, 0.1) is 0 Å². The van der Waals surface area contributed by atoms with Gasteiger partial charge >= 0.3 is 0 Å². The van der Waals surface area contributed by atoms with Gasteiger partial charge in [-0.2, -0.15) is 5.10 Å². The van der Waals surface area contributed by atoms with E-state index in [0.717, 1.165) is 6.04 Å². The summed E-state index contributed by atoms with van der Waals surface area (Å²) in [4.78, 5) is 4.17. The first kappa shape index (κ1) is 15.9. The summed E-state index contributed by atoms with van der Waals surface area (Å²) in [5.74, 6) is 0.0572.